The van der Waals surface area contributed by atoms with Crippen LogP contribution in [0.2, 0.25) is 0 Å². The Morgan fingerprint density at radius 3 is 2.30 bits per heavy atom. The molecule has 0 spiro atoms. The Hall–Kier alpha value is -4.95. The molecule has 2 fully saturated rings. The molecule has 5 amide bonds. The second-order valence-corrected chi connectivity index (χ2v) is 16.5. The summed E-state index contributed by atoms with van der Waals surface area (Å²) in [6.45, 7) is 18.7. The van der Waals surface area contributed by atoms with E-state index >= 15 is 0 Å². The molecule has 0 aromatic heterocycles. The van der Waals surface area contributed by atoms with Gasteiger partial charge >= 0.3 is 24.2 Å². The van der Waals surface area contributed by atoms with Crippen molar-refractivity contribution in [2.24, 2.45) is 5.92 Å². The standard InChI is InChI=1S/C41H57FN4O10/c1-10-13-14-15-16-20-31(43-36(50)55-39(4,5)6)33(47)45-24-28(54-37(51)44-23-26-18-17-19-30(42)29(26)25-44)21-32(45)34(48)46(38(52)56-40(7,8)9)41(22-27(41)11-2)35(49)53-12-3/h10-11,17-19,27-28,31-32H,1-2,12-16,20-25H2,3-9H3,(H,43,50)/t27-,28-,31+,32+,41-/m1/s1. The maximum absolute atomic E-state index is 15.0. The number of alkyl carbamates (subject to hydrolysis) is 1. The molecule has 1 saturated carbocycles. The van der Waals surface area contributed by atoms with Crippen molar-refractivity contribution in [1.29, 1.82) is 0 Å². The molecule has 3 aliphatic rings. The number of halogens is 1. The molecule has 1 N–H and O–H groups in total. The van der Waals surface area contributed by atoms with Crippen molar-refractivity contribution in [3.63, 3.8) is 0 Å². The van der Waals surface area contributed by atoms with Crippen LogP contribution >= 0.6 is 0 Å². The number of carbonyl (C=O) groups is 6. The average molecular weight is 785 g/mol. The van der Waals surface area contributed by atoms with Gasteiger partial charge in [-0.25, -0.2) is 28.5 Å². The maximum Gasteiger partial charge on any atom is 0.418 e. The minimum absolute atomic E-state index is 0.0129. The number of benzene rings is 1. The van der Waals surface area contributed by atoms with Crippen LogP contribution in [-0.4, -0.2) is 98.8 Å². The summed E-state index contributed by atoms with van der Waals surface area (Å²) in [5.41, 5.74) is -2.78. The minimum atomic E-state index is -1.80. The summed E-state index contributed by atoms with van der Waals surface area (Å²) in [6, 6.07) is 1.94. The highest BCUT2D eigenvalue weighted by atomic mass is 19.1. The molecule has 308 valence electrons. The van der Waals surface area contributed by atoms with Crippen LogP contribution in [0.5, 0.6) is 0 Å². The van der Waals surface area contributed by atoms with E-state index in [1.165, 1.54) is 21.9 Å². The second-order valence-electron chi connectivity index (χ2n) is 16.5. The Bertz CT molecular complexity index is 1690. The summed E-state index contributed by atoms with van der Waals surface area (Å²) < 4.78 is 36.9. The quantitative estimate of drug-likeness (QED) is 0.0949. The van der Waals surface area contributed by atoms with Crippen molar-refractivity contribution in [3.8, 4) is 0 Å². The fraction of sp³-hybridized carbons (Fsp3) is 0.610. The zero-order valence-electron chi connectivity index (χ0n) is 33.7. The van der Waals surface area contributed by atoms with Gasteiger partial charge in [-0.15, -0.1) is 13.2 Å². The Labute approximate surface area is 328 Å². The number of carbonyl (C=O) groups excluding carboxylic acids is 6. The molecule has 56 heavy (non-hydrogen) atoms. The number of esters is 1. The predicted molar refractivity (Wildman–Crippen MR) is 203 cm³/mol. The zero-order chi connectivity index (χ0) is 41.6. The Morgan fingerprint density at radius 2 is 1.71 bits per heavy atom. The molecule has 1 aromatic rings. The molecule has 2 heterocycles. The van der Waals surface area contributed by atoms with Gasteiger partial charge in [0.05, 0.1) is 19.7 Å². The maximum atomic E-state index is 15.0. The van der Waals surface area contributed by atoms with Crippen LogP contribution in [0.15, 0.2) is 43.5 Å². The van der Waals surface area contributed by atoms with Gasteiger partial charge in [0.2, 0.25) is 5.91 Å². The number of hydrogen-bond acceptors (Lipinski definition) is 10. The highest BCUT2D eigenvalue weighted by molar-refractivity contribution is 6.04. The largest absolute Gasteiger partial charge is 0.464 e. The number of imide groups is 1. The van der Waals surface area contributed by atoms with Gasteiger partial charge in [0.1, 0.15) is 35.2 Å². The first-order valence-corrected chi connectivity index (χ1v) is 19.3. The fourth-order valence-electron chi connectivity index (χ4n) is 7.11. The van der Waals surface area contributed by atoms with Gasteiger partial charge in [-0.1, -0.05) is 37.1 Å². The Morgan fingerprint density at radius 1 is 1.02 bits per heavy atom. The molecule has 0 radical (unpaired) electrons. The molecule has 14 nitrogen and oxygen atoms in total. The van der Waals surface area contributed by atoms with E-state index in [0.29, 0.717) is 24.0 Å². The van der Waals surface area contributed by atoms with Crippen LogP contribution in [0.4, 0.5) is 18.8 Å². The number of fused-ring (bicyclic) bond motifs is 1. The lowest BCUT2D eigenvalue weighted by Gasteiger charge is -2.35. The van der Waals surface area contributed by atoms with E-state index in [-0.39, 0.29) is 45.5 Å². The average Bonchev–Trinajstić information content (AvgIpc) is 3.41. The molecule has 1 aliphatic carbocycles. The normalized spacial score (nSPS) is 22.0. The topological polar surface area (TPSA) is 161 Å². The van der Waals surface area contributed by atoms with Gasteiger partial charge in [0, 0.05) is 24.4 Å². The van der Waals surface area contributed by atoms with E-state index in [0.717, 1.165) is 17.7 Å². The third kappa shape index (κ3) is 10.5. The molecule has 2 aliphatic heterocycles. The van der Waals surface area contributed by atoms with Crippen molar-refractivity contribution in [3.05, 3.63) is 60.5 Å². The van der Waals surface area contributed by atoms with E-state index in [1.807, 2.05) is 0 Å². The van der Waals surface area contributed by atoms with Crippen molar-refractivity contribution >= 4 is 36.1 Å². The third-order valence-electron chi connectivity index (χ3n) is 9.77. The molecule has 5 atom stereocenters. The molecule has 4 rings (SSSR count). The van der Waals surface area contributed by atoms with Crippen molar-refractivity contribution < 1.29 is 52.1 Å². The molecule has 1 saturated heterocycles. The number of ether oxygens (including phenoxy) is 4. The first-order valence-electron chi connectivity index (χ1n) is 19.3. The fourth-order valence-corrected chi connectivity index (χ4v) is 7.11. The molecular weight excluding hydrogens is 727 g/mol. The highest BCUT2D eigenvalue weighted by Gasteiger charge is 2.69. The number of likely N-dealkylation sites (tertiary alicyclic amines) is 1. The van der Waals surface area contributed by atoms with E-state index in [9.17, 15) is 33.2 Å². The van der Waals surface area contributed by atoms with Gasteiger partial charge < -0.3 is 29.2 Å². The van der Waals surface area contributed by atoms with Crippen molar-refractivity contribution in [2.45, 2.75) is 141 Å². The number of amides is 5. The lowest BCUT2D eigenvalue weighted by molar-refractivity contribution is -0.159. The molecule has 15 heteroatoms. The SMILES string of the molecule is C=CCCCCC[C@H](NC(=O)OC(C)(C)C)C(=O)N1C[C@H](OC(=O)N2Cc3cccc(F)c3C2)C[C@H]1C(=O)N(C(=O)OC(C)(C)C)[C@]1(C(=O)OCC)C[C@H]1C=C. The zero-order valence-corrected chi connectivity index (χ0v) is 33.7. The van der Waals surface area contributed by atoms with Crippen LogP contribution in [0, 0.1) is 11.7 Å². The monoisotopic (exact) mass is 784 g/mol. The van der Waals surface area contributed by atoms with Crippen LogP contribution in [0.3, 0.4) is 0 Å². The second kappa shape index (κ2) is 17.9. The Kier molecular flexibility index (Phi) is 14.0. The van der Waals surface area contributed by atoms with Gasteiger partial charge in [0.25, 0.3) is 5.91 Å². The third-order valence-corrected chi connectivity index (χ3v) is 9.77. The van der Waals surface area contributed by atoms with Gasteiger partial charge in [-0.3, -0.25) is 14.5 Å². The van der Waals surface area contributed by atoms with E-state index in [4.69, 9.17) is 18.9 Å². The number of nitrogens with zero attached hydrogens (tertiary/aromatic N) is 3. The highest BCUT2D eigenvalue weighted by Crippen LogP contribution is 2.51. The van der Waals surface area contributed by atoms with Crippen molar-refractivity contribution in [1.82, 2.24) is 20.0 Å². The van der Waals surface area contributed by atoms with E-state index in [2.05, 4.69) is 18.5 Å². The van der Waals surface area contributed by atoms with Gasteiger partial charge in [-0.05, 0) is 85.8 Å². The van der Waals surface area contributed by atoms with Crippen LogP contribution in [0.1, 0.15) is 105 Å². The van der Waals surface area contributed by atoms with Gasteiger partial charge in [-0.2, -0.15) is 0 Å². The lowest BCUT2D eigenvalue weighted by atomic mass is 10.0. The predicted octanol–water partition coefficient (Wildman–Crippen LogP) is 6.55. The number of nitrogens with one attached hydrogen (secondary N) is 1. The Balaban J connectivity index is 1.72. The van der Waals surface area contributed by atoms with Crippen LogP contribution < -0.4 is 5.32 Å². The smallest absolute Gasteiger partial charge is 0.418 e. The van der Waals surface area contributed by atoms with Crippen LogP contribution in [0.25, 0.3) is 0 Å². The molecule has 0 unspecified atom stereocenters. The minimum Gasteiger partial charge on any atom is -0.464 e. The van der Waals surface area contributed by atoms with Crippen LogP contribution in [-0.2, 0) is 46.4 Å². The molecule has 0 bridgehead atoms. The summed E-state index contributed by atoms with van der Waals surface area (Å²) in [4.78, 5) is 87.1. The first kappa shape index (κ1) is 43.8. The molecule has 1 aromatic carbocycles. The van der Waals surface area contributed by atoms with E-state index in [1.54, 1.807) is 66.7 Å². The number of hydrogen-bond donors (Lipinski definition) is 1. The van der Waals surface area contributed by atoms with Crippen molar-refractivity contribution in [2.75, 3.05) is 13.2 Å². The summed E-state index contributed by atoms with van der Waals surface area (Å²) >= 11 is 0. The number of rotatable bonds is 14. The van der Waals surface area contributed by atoms with E-state index < -0.39 is 82.7 Å². The first-order chi connectivity index (χ1) is 26.3. The summed E-state index contributed by atoms with van der Waals surface area (Å²) in [5, 5.41) is 2.67. The number of allylic oxidation sites excluding steroid dienone is 1. The summed E-state index contributed by atoms with van der Waals surface area (Å²) in [7, 11) is 0. The summed E-state index contributed by atoms with van der Waals surface area (Å²) in [5.74, 6) is -3.61. The number of unbranched alkanes of at least 4 members (excludes halogenated alkanes) is 3. The van der Waals surface area contributed by atoms with Gasteiger partial charge in [0.15, 0.2) is 5.54 Å². The molecular formula is C41H57FN4O10. The lowest BCUT2D eigenvalue weighted by Crippen LogP contribution is -2.60. The summed E-state index contributed by atoms with van der Waals surface area (Å²) in [6.07, 6.45) is 2.12.